The molecule has 4 nitrogen and oxygen atoms in total. The lowest BCUT2D eigenvalue weighted by Crippen LogP contribution is -2.40. The third-order valence-electron chi connectivity index (χ3n) is 3.76. The van der Waals surface area contributed by atoms with Gasteiger partial charge in [-0.05, 0) is 31.1 Å². The first-order valence-corrected chi connectivity index (χ1v) is 7.02. The molecule has 0 spiro atoms. The van der Waals surface area contributed by atoms with E-state index < -0.39 is 0 Å². The van der Waals surface area contributed by atoms with E-state index in [4.69, 9.17) is 4.74 Å². The van der Waals surface area contributed by atoms with Gasteiger partial charge < -0.3 is 15.4 Å². The Hall–Kier alpha value is -0.610. The van der Waals surface area contributed by atoms with Gasteiger partial charge in [-0.15, -0.1) is 0 Å². The molecule has 1 aliphatic rings. The van der Waals surface area contributed by atoms with Crippen LogP contribution in [-0.4, -0.2) is 38.8 Å². The largest absolute Gasteiger partial charge is 0.383 e. The number of methoxy groups -OCH3 is 1. The summed E-state index contributed by atoms with van der Waals surface area (Å²) in [6, 6.07) is 0.500. The van der Waals surface area contributed by atoms with Crippen molar-refractivity contribution < 1.29 is 9.53 Å². The number of carbonyl (C=O) groups is 1. The van der Waals surface area contributed by atoms with Crippen molar-refractivity contribution in [3.05, 3.63) is 0 Å². The zero-order valence-corrected chi connectivity index (χ0v) is 12.1. The normalized spacial score (nSPS) is 23.4. The summed E-state index contributed by atoms with van der Waals surface area (Å²) in [5.74, 6) is 0.0653. The van der Waals surface area contributed by atoms with Crippen LogP contribution in [-0.2, 0) is 9.53 Å². The molecule has 4 heteroatoms. The first-order chi connectivity index (χ1) is 8.53. The molecule has 0 heterocycles. The summed E-state index contributed by atoms with van der Waals surface area (Å²) in [7, 11) is 1.64. The smallest absolute Gasteiger partial charge is 0.234 e. The van der Waals surface area contributed by atoms with Gasteiger partial charge in [-0.2, -0.15) is 0 Å². The Morgan fingerprint density at radius 3 is 2.83 bits per heavy atom. The molecule has 0 bridgehead atoms. The van der Waals surface area contributed by atoms with Crippen LogP contribution in [0.3, 0.4) is 0 Å². The Balaban J connectivity index is 2.17. The fourth-order valence-corrected chi connectivity index (χ4v) is 2.46. The molecule has 1 saturated carbocycles. The van der Waals surface area contributed by atoms with Crippen molar-refractivity contribution in [3.63, 3.8) is 0 Å². The highest BCUT2D eigenvalue weighted by Crippen LogP contribution is 2.33. The van der Waals surface area contributed by atoms with Gasteiger partial charge in [0, 0.05) is 19.7 Å². The maximum absolute atomic E-state index is 11.5. The highest BCUT2D eigenvalue weighted by molar-refractivity contribution is 5.77. The van der Waals surface area contributed by atoms with E-state index in [1.54, 1.807) is 7.11 Å². The zero-order chi connectivity index (χ0) is 13.4. The summed E-state index contributed by atoms with van der Waals surface area (Å²) < 4.78 is 4.89. The molecular formula is C14H28N2O2. The van der Waals surface area contributed by atoms with E-state index >= 15 is 0 Å². The summed E-state index contributed by atoms with van der Waals surface area (Å²) in [6.45, 7) is 6.27. The molecular weight excluding hydrogens is 228 g/mol. The predicted molar refractivity (Wildman–Crippen MR) is 73.5 cm³/mol. The van der Waals surface area contributed by atoms with Crippen molar-refractivity contribution in [3.8, 4) is 0 Å². The molecule has 1 unspecified atom stereocenters. The molecule has 0 saturated heterocycles. The number of amides is 1. The van der Waals surface area contributed by atoms with Crippen LogP contribution in [0.4, 0.5) is 0 Å². The van der Waals surface area contributed by atoms with Gasteiger partial charge in [0.05, 0.1) is 13.2 Å². The zero-order valence-electron chi connectivity index (χ0n) is 12.1. The Morgan fingerprint density at radius 2 is 2.11 bits per heavy atom. The van der Waals surface area contributed by atoms with Gasteiger partial charge in [-0.25, -0.2) is 0 Å². The van der Waals surface area contributed by atoms with Crippen molar-refractivity contribution in [2.75, 3.05) is 26.8 Å². The monoisotopic (exact) mass is 256 g/mol. The van der Waals surface area contributed by atoms with Crippen LogP contribution < -0.4 is 10.6 Å². The molecule has 1 atom stereocenters. The molecule has 0 radical (unpaired) electrons. The van der Waals surface area contributed by atoms with Gasteiger partial charge in [0.1, 0.15) is 0 Å². The van der Waals surface area contributed by atoms with Crippen LogP contribution in [0.1, 0.15) is 46.0 Å². The molecule has 1 aliphatic carbocycles. The first kappa shape index (κ1) is 15.4. The lowest BCUT2D eigenvalue weighted by atomic mass is 9.85. The minimum absolute atomic E-state index is 0.0653. The van der Waals surface area contributed by atoms with E-state index in [0.717, 1.165) is 0 Å². The van der Waals surface area contributed by atoms with Crippen molar-refractivity contribution in [1.29, 1.82) is 0 Å². The second kappa shape index (κ2) is 7.74. The number of hydrogen-bond acceptors (Lipinski definition) is 3. The fourth-order valence-electron chi connectivity index (χ4n) is 2.46. The number of ether oxygens (including phenoxy) is 1. The summed E-state index contributed by atoms with van der Waals surface area (Å²) in [5.41, 5.74) is 0.469. The number of rotatable bonds is 6. The quantitative estimate of drug-likeness (QED) is 0.562. The van der Waals surface area contributed by atoms with Crippen molar-refractivity contribution in [2.24, 2.45) is 5.41 Å². The molecule has 0 aromatic carbocycles. The van der Waals surface area contributed by atoms with Crippen LogP contribution >= 0.6 is 0 Å². The predicted octanol–water partition coefficient (Wildman–Crippen LogP) is 1.70. The summed E-state index contributed by atoms with van der Waals surface area (Å²) in [6.07, 6.45) is 6.17. The molecule has 1 rings (SSSR count). The molecule has 2 N–H and O–H groups in total. The van der Waals surface area contributed by atoms with E-state index in [2.05, 4.69) is 24.5 Å². The summed E-state index contributed by atoms with van der Waals surface area (Å²) in [5, 5.41) is 6.20. The average Bonchev–Trinajstić information content (AvgIpc) is 2.48. The Labute approximate surface area is 111 Å². The third kappa shape index (κ3) is 6.36. The van der Waals surface area contributed by atoms with Crippen LogP contribution in [0.25, 0.3) is 0 Å². The highest BCUT2D eigenvalue weighted by atomic mass is 16.5. The van der Waals surface area contributed by atoms with Gasteiger partial charge >= 0.3 is 0 Å². The molecule has 18 heavy (non-hydrogen) atoms. The second-order valence-electron chi connectivity index (χ2n) is 6.02. The molecule has 0 aliphatic heterocycles. The topological polar surface area (TPSA) is 50.4 Å². The van der Waals surface area contributed by atoms with Crippen molar-refractivity contribution >= 4 is 5.91 Å². The van der Waals surface area contributed by atoms with Gasteiger partial charge in [0.15, 0.2) is 0 Å². The van der Waals surface area contributed by atoms with Gasteiger partial charge in [-0.3, -0.25) is 4.79 Å². The molecule has 0 aromatic rings. The average molecular weight is 256 g/mol. The molecule has 106 valence electrons. The molecule has 1 amide bonds. The van der Waals surface area contributed by atoms with Crippen molar-refractivity contribution in [1.82, 2.24) is 10.6 Å². The van der Waals surface area contributed by atoms with E-state index in [-0.39, 0.29) is 5.91 Å². The third-order valence-corrected chi connectivity index (χ3v) is 3.76. The SMILES string of the molecule is COCCNC(=O)CNC1CCCC(C)(C)CC1. The minimum Gasteiger partial charge on any atom is -0.383 e. The Bertz CT molecular complexity index is 254. The summed E-state index contributed by atoms with van der Waals surface area (Å²) >= 11 is 0. The number of hydrogen-bond donors (Lipinski definition) is 2. The maximum Gasteiger partial charge on any atom is 0.234 e. The highest BCUT2D eigenvalue weighted by Gasteiger charge is 2.24. The fraction of sp³-hybridized carbons (Fsp3) is 0.929. The van der Waals surface area contributed by atoms with E-state index in [0.29, 0.717) is 31.2 Å². The van der Waals surface area contributed by atoms with E-state index in [1.807, 2.05) is 0 Å². The lowest BCUT2D eigenvalue weighted by molar-refractivity contribution is -0.120. The van der Waals surface area contributed by atoms with Crippen LogP contribution in [0.5, 0.6) is 0 Å². The Morgan fingerprint density at radius 1 is 1.33 bits per heavy atom. The van der Waals surface area contributed by atoms with Crippen LogP contribution in [0.2, 0.25) is 0 Å². The van der Waals surface area contributed by atoms with Gasteiger partial charge in [0.2, 0.25) is 5.91 Å². The molecule has 0 aromatic heterocycles. The van der Waals surface area contributed by atoms with Gasteiger partial charge in [0.25, 0.3) is 0 Å². The lowest BCUT2D eigenvalue weighted by Gasteiger charge is -2.22. The van der Waals surface area contributed by atoms with Crippen LogP contribution in [0, 0.1) is 5.41 Å². The summed E-state index contributed by atoms with van der Waals surface area (Å²) in [4.78, 5) is 11.5. The van der Waals surface area contributed by atoms with E-state index in [1.165, 1.54) is 32.1 Å². The number of carbonyl (C=O) groups excluding carboxylic acids is 1. The van der Waals surface area contributed by atoms with E-state index in [9.17, 15) is 4.79 Å². The van der Waals surface area contributed by atoms with Crippen LogP contribution in [0.15, 0.2) is 0 Å². The Kier molecular flexibility index (Phi) is 6.65. The number of nitrogens with one attached hydrogen (secondary N) is 2. The first-order valence-electron chi connectivity index (χ1n) is 7.02. The minimum atomic E-state index is 0.0653. The molecule has 1 fully saturated rings. The van der Waals surface area contributed by atoms with Crippen molar-refractivity contribution in [2.45, 2.75) is 52.0 Å². The standard InChI is InChI=1S/C14H28N2O2/c1-14(2)7-4-5-12(6-8-14)16-11-13(17)15-9-10-18-3/h12,16H,4-11H2,1-3H3,(H,15,17). The maximum atomic E-state index is 11.5. The second-order valence-corrected chi connectivity index (χ2v) is 6.02. The van der Waals surface area contributed by atoms with Gasteiger partial charge in [-0.1, -0.05) is 20.3 Å².